The van der Waals surface area contributed by atoms with E-state index in [4.69, 9.17) is 14.2 Å². The van der Waals surface area contributed by atoms with E-state index in [9.17, 15) is 9.59 Å². The molecule has 0 bridgehead atoms. The van der Waals surface area contributed by atoms with E-state index in [0.717, 1.165) is 18.2 Å². The molecule has 0 radical (unpaired) electrons. The van der Waals surface area contributed by atoms with Crippen LogP contribution in [0.15, 0.2) is 25.3 Å². The summed E-state index contributed by atoms with van der Waals surface area (Å²) in [6.07, 6.45) is 4.06. The second kappa shape index (κ2) is 12.6. The van der Waals surface area contributed by atoms with E-state index in [1.165, 1.54) is 0 Å². The number of hydrogen-bond acceptors (Lipinski definition) is 6. The molecule has 0 heterocycles. The van der Waals surface area contributed by atoms with Crippen LogP contribution in [0.1, 0.15) is 13.3 Å². The van der Waals surface area contributed by atoms with Crippen molar-refractivity contribution in [1.29, 1.82) is 0 Å². The first kappa shape index (κ1) is 19.9. The molecule has 0 rings (SSSR count). The summed E-state index contributed by atoms with van der Waals surface area (Å²) in [5.74, 6) is -0.401. The molecule has 0 amide bonds. The van der Waals surface area contributed by atoms with Crippen LogP contribution in [-0.4, -0.2) is 50.4 Å². The van der Waals surface area contributed by atoms with E-state index in [-0.39, 0.29) is 12.4 Å². The molecule has 0 aromatic heterocycles. The minimum Gasteiger partial charge on any atom is -0.464 e. The number of rotatable bonds is 14. The van der Waals surface area contributed by atoms with Crippen LogP contribution < -0.4 is 0 Å². The summed E-state index contributed by atoms with van der Waals surface area (Å²) in [6, 6.07) is 0. The van der Waals surface area contributed by atoms with E-state index in [2.05, 4.69) is 13.2 Å². The molecule has 0 aromatic rings. The molecule has 0 aromatic carbocycles. The van der Waals surface area contributed by atoms with Gasteiger partial charge in [-0.3, -0.25) is 9.59 Å². The molecule has 0 aliphatic heterocycles. The van der Waals surface area contributed by atoms with Gasteiger partial charge in [0.25, 0.3) is 0 Å². The third-order valence-corrected chi connectivity index (χ3v) is 3.38. The number of carbonyl (C=O) groups is 2. The first-order valence-electron chi connectivity index (χ1n) is 6.72. The largest absolute Gasteiger partial charge is 0.464 e. The van der Waals surface area contributed by atoms with Crippen molar-refractivity contribution in [2.75, 3.05) is 38.8 Å². The second-order valence-corrected chi connectivity index (χ2v) is 5.34. The summed E-state index contributed by atoms with van der Waals surface area (Å²) in [6.45, 7) is 11.0. The Balaban J connectivity index is 4.49. The van der Waals surface area contributed by atoms with Gasteiger partial charge in [0.1, 0.15) is 6.61 Å². The normalized spacial score (nSPS) is 10.9. The minimum absolute atomic E-state index is 0.0182. The predicted molar refractivity (Wildman–Crippen MR) is 84.9 cm³/mol. The predicted octanol–water partition coefficient (Wildman–Crippen LogP) is 2.25. The van der Waals surface area contributed by atoms with Gasteiger partial charge in [-0.05, 0) is 6.42 Å². The number of ether oxygens (including phenoxy) is 3. The Morgan fingerprint density at radius 2 is 1.71 bits per heavy atom. The highest BCUT2D eigenvalue weighted by molar-refractivity contribution is 8.12. The fraction of sp³-hybridized carbons (Fsp3) is 0.600. The van der Waals surface area contributed by atoms with Crippen molar-refractivity contribution in [2.45, 2.75) is 13.3 Å². The van der Waals surface area contributed by atoms with Crippen molar-refractivity contribution < 1.29 is 23.8 Å². The zero-order valence-electron chi connectivity index (χ0n) is 12.5. The van der Waals surface area contributed by atoms with Crippen LogP contribution in [0.5, 0.6) is 0 Å². The van der Waals surface area contributed by atoms with Crippen molar-refractivity contribution in [3.8, 4) is 0 Å². The summed E-state index contributed by atoms with van der Waals surface area (Å²) in [5, 5.41) is 0. The fourth-order valence-corrected chi connectivity index (χ4v) is 1.81. The maximum absolute atomic E-state index is 11.5. The van der Waals surface area contributed by atoms with Crippen LogP contribution in [0.4, 0.5) is 0 Å². The topological polar surface area (TPSA) is 61.8 Å². The van der Waals surface area contributed by atoms with Gasteiger partial charge in [-0.25, -0.2) is 0 Å². The molecule has 0 atom stereocenters. The van der Waals surface area contributed by atoms with E-state index in [1.807, 2.05) is 6.92 Å². The van der Waals surface area contributed by atoms with E-state index in [1.54, 1.807) is 12.2 Å². The molecule has 0 saturated heterocycles. The lowest BCUT2D eigenvalue weighted by Crippen LogP contribution is -2.38. The Bertz CT molecular complexity index is 316. The molecule has 0 N–H and O–H groups in total. The van der Waals surface area contributed by atoms with Gasteiger partial charge in [-0.1, -0.05) is 30.8 Å². The van der Waals surface area contributed by atoms with Crippen LogP contribution in [0.2, 0.25) is 0 Å². The van der Waals surface area contributed by atoms with Crippen LogP contribution in [0.3, 0.4) is 0 Å². The Morgan fingerprint density at radius 1 is 1.14 bits per heavy atom. The van der Waals surface area contributed by atoms with E-state index >= 15 is 0 Å². The molecule has 0 unspecified atom stereocenters. The third-order valence-electron chi connectivity index (χ3n) is 2.85. The van der Waals surface area contributed by atoms with Gasteiger partial charge in [0.05, 0.1) is 37.6 Å². The molecule has 120 valence electrons. The molecular weight excluding hydrogens is 292 g/mol. The Morgan fingerprint density at radius 3 is 2.14 bits per heavy atom. The number of carbonyl (C=O) groups excluding carboxylic acids is 2. The fourth-order valence-electron chi connectivity index (χ4n) is 1.53. The lowest BCUT2D eigenvalue weighted by Gasteiger charge is -2.31. The average Bonchev–Trinajstić information content (AvgIpc) is 2.50. The summed E-state index contributed by atoms with van der Waals surface area (Å²) < 4.78 is 16.2. The van der Waals surface area contributed by atoms with Gasteiger partial charge in [0.15, 0.2) is 5.62 Å². The zero-order chi connectivity index (χ0) is 16.0. The smallest absolute Gasteiger partial charge is 0.316 e. The van der Waals surface area contributed by atoms with Crippen LogP contribution in [-0.2, 0) is 23.8 Å². The quantitative estimate of drug-likeness (QED) is 0.212. The SMILES string of the molecule is C=CCOCC(CC)(COCC=C)COC(=O)CSC=O. The summed E-state index contributed by atoms with van der Waals surface area (Å²) >= 11 is 0.873. The average molecular weight is 316 g/mol. The number of esters is 1. The highest BCUT2D eigenvalue weighted by atomic mass is 32.2. The van der Waals surface area contributed by atoms with Crippen molar-refractivity contribution in [3.05, 3.63) is 25.3 Å². The van der Waals surface area contributed by atoms with Gasteiger partial charge >= 0.3 is 5.97 Å². The maximum Gasteiger partial charge on any atom is 0.316 e. The molecule has 21 heavy (non-hydrogen) atoms. The van der Waals surface area contributed by atoms with Gasteiger partial charge in [-0.2, -0.15) is 0 Å². The van der Waals surface area contributed by atoms with Gasteiger partial charge in [0.2, 0.25) is 0 Å². The molecule has 0 saturated carbocycles. The Kier molecular flexibility index (Phi) is 12.0. The molecule has 0 spiro atoms. The highest BCUT2D eigenvalue weighted by Crippen LogP contribution is 2.24. The Labute approximate surface area is 130 Å². The lowest BCUT2D eigenvalue weighted by molar-refractivity contribution is -0.148. The summed E-state index contributed by atoms with van der Waals surface area (Å²) in [7, 11) is 0. The maximum atomic E-state index is 11.5. The monoisotopic (exact) mass is 316 g/mol. The van der Waals surface area contributed by atoms with Crippen molar-refractivity contribution >= 4 is 23.3 Å². The molecule has 0 aliphatic rings. The van der Waals surface area contributed by atoms with Crippen LogP contribution >= 0.6 is 11.8 Å². The Hall–Kier alpha value is -1.11. The van der Waals surface area contributed by atoms with E-state index < -0.39 is 11.4 Å². The summed E-state index contributed by atoms with van der Waals surface area (Å²) in [4.78, 5) is 21.7. The zero-order valence-corrected chi connectivity index (χ0v) is 13.4. The number of thioether (sulfide) groups is 1. The third kappa shape index (κ3) is 9.44. The van der Waals surface area contributed by atoms with Crippen LogP contribution in [0.25, 0.3) is 0 Å². The summed E-state index contributed by atoms with van der Waals surface area (Å²) in [5.41, 5.74) is 0.211. The minimum atomic E-state index is -0.419. The first-order valence-corrected chi connectivity index (χ1v) is 7.77. The van der Waals surface area contributed by atoms with Crippen molar-refractivity contribution in [3.63, 3.8) is 0 Å². The molecular formula is C15H24O5S. The van der Waals surface area contributed by atoms with Crippen LogP contribution in [0, 0.1) is 5.41 Å². The molecule has 5 nitrogen and oxygen atoms in total. The number of hydrogen-bond donors (Lipinski definition) is 0. The highest BCUT2D eigenvalue weighted by Gasteiger charge is 2.31. The van der Waals surface area contributed by atoms with Gasteiger partial charge in [-0.15, -0.1) is 13.2 Å². The van der Waals surface area contributed by atoms with Crippen molar-refractivity contribution in [2.24, 2.45) is 5.41 Å². The first-order chi connectivity index (χ1) is 10.1. The molecule has 0 fully saturated rings. The van der Waals surface area contributed by atoms with Crippen molar-refractivity contribution in [1.82, 2.24) is 0 Å². The van der Waals surface area contributed by atoms with Gasteiger partial charge in [0, 0.05) is 0 Å². The van der Waals surface area contributed by atoms with Gasteiger partial charge < -0.3 is 14.2 Å². The molecule has 6 heteroatoms. The second-order valence-electron chi connectivity index (χ2n) is 4.53. The molecule has 0 aliphatic carbocycles. The standard InChI is InChI=1S/C15H24O5S/c1-4-7-18-10-15(6-3,11-19-8-5-2)12-20-14(17)9-21-13-16/h4-5,13H,1-2,6-12H2,3H3. The lowest BCUT2D eigenvalue weighted by atomic mass is 9.88. The van der Waals surface area contributed by atoms with E-state index in [0.29, 0.717) is 32.0 Å².